The molecular formula is C25H23ClF3N3O3S. The first-order valence-corrected chi connectivity index (χ1v) is 12.5. The highest BCUT2D eigenvalue weighted by atomic mass is 35.5. The van der Waals surface area contributed by atoms with Crippen molar-refractivity contribution in [2.75, 3.05) is 10.8 Å². The van der Waals surface area contributed by atoms with Crippen molar-refractivity contribution in [3.63, 3.8) is 0 Å². The van der Waals surface area contributed by atoms with Gasteiger partial charge in [-0.25, -0.2) is 13.8 Å². The molecule has 0 aromatic heterocycles. The maximum Gasteiger partial charge on any atom is 0.417 e. The van der Waals surface area contributed by atoms with Crippen LogP contribution >= 0.6 is 11.6 Å². The molecule has 0 aliphatic rings. The van der Waals surface area contributed by atoms with E-state index in [1.807, 2.05) is 19.1 Å². The molecule has 0 unspecified atom stereocenters. The molecule has 0 heterocycles. The van der Waals surface area contributed by atoms with Crippen LogP contribution in [0.5, 0.6) is 0 Å². The first kappa shape index (κ1) is 27.2. The minimum Gasteiger partial charge on any atom is -0.271 e. The molecule has 0 saturated heterocycles. The van der Waals surface area contributed by atoms with E-state index in [-0.39, 0.29) is 10.6 Å². The number of hydrogen-bond acceptors (Lipinski definition) is 4. The second-order valence-corrected chi connectivity index (χ2v) is 10.4. The zero-order valence-corrected chi connectivity index (χ0v) is 21.2. The van der Waals surface area contributed by atoms with E-state index in [9.17, 15) is 26.4 Å². The van der Waals surface area contributed by atoms with Crippen LogP contribution in [0.4, 0.5) is 18.9 Å². The van der Waals surface area contributed by atoms with Gasteiger partial charge in [-0.1, -0.05) is 59.1 Å². The number of hydrogen-bond donors (Lipinski definition) is 1. The molecule has 0 radical (unpaired) electrons. The summed E-state index contributed by atoms with van der Waals surface area (Å²) in [5, 5.41) is 3.41. The van der Waals surface area contributed by atoms with Crippen LogP contribution in [0.15, 0.2) is 76.7 Å². The first-order valence-electron chi connectivity index (χ1n) is 10.7. The Balaban J connectivity index is 1.97. The molecule has 0 atom stereocenters. The number of halogens is 4. The van der Waals surface area contributed by atoms with Crippen LogP contribution < -0.4 is 9.73 Å². The minimum atomic E-state index is -4.83. The van der Waals surface area contributed by atoms with E-state index in [0.29, 0.717) is 16.1 Å². The average Bonchev–Trinajstić information content (AvgIpc) is 2.81. The number of benzene rings is 3. The van der Waals surface area contributed by atoms with Crippen LogP contribution in [-0.4, -0.2) is 26.6 Å². The Morgan fingerprint density at radius 2 is 1.53 bits per heavy atom. The summed E-state index contributed by atoms with van der Waals surface area (Å²) in [4.78, 5) is 12.5. The molecule has 11 heteroatoms. The van der Waals surface area contributed by atoms with E-state index in [1.165, 1.54) is 12.1 Å². The fourth-order valence-electron chi connectivity index (χ4n) is 3.21. The number of anilines is 1. The van der Waals surface area contributed by atoms with E-state index in [0.717, 1.165) is 28.8 Å². The summed E-state index contributed by atoms with van der Waals surface area (Å²) < 4.78 is 67.8. The summed E-state index contributed by atoms with van der Waals surface area (Å²) in [7, 11) is -4.42. The Kier molecular flexibility index (Phi) is 8.10. The van der Waals surface area contributed by atoms with Gasteiger partial charge in [0.25, 0.3) is 15.9 Å². The van der Waals surface area contributed by atoms with Crippen molar-refractivity contribution < 1.29 is 26.4 Å². The quantitative estimate of drug-likeness (QED) is 0.310. The maximum atomic E-state index is 13.5. The number of aryl methyl sites for hydroxylation is 2. The standard InChI is InChI=1S/C25H23ClF3N3O3S/c1-16-4-8-19(9-5-16)18(3)30-31-24(33)15-32(36(34,35)21-11-6-17(2)7-12-21)20-10-13-23(26)22(14-20)25(27,28)29/h4-14H,15H2,1-3H3,(H,31,33)/b30-18-. The van der Waals surface area contributed by atoms with Crippen LogP contribution in [0.2, 0.25) is 5.02 Å². The number of alkyl halides is 3. The third kappa shape index (κ3) is 6.44. The molecule has 3 rings (SSSR count). The molecule has 1 N–H and O–H groups in total. The van der Waals surface area contributed by atoms with Gasteiger partial charge in [-0.15, -0.1) is 0 Å². The molecule has 36 heavy (non-hydrogen) atoms. The smallest absolute Gasteiger partial charge is 0.271 e. The molecule has 0 aliphatic carbocycles. The summed E-state index contributed by atoms with van der Waals surface area (Å²) >= 11 is 5.71. The largest absolute Gasteiger partial charge is 0.417 e. The van der Waals surface area contributed by atoms with Gasteiger partial charge < -0.3 is 0 Å². The van der Waals surface area contributed by atoms with Crippen molar-refractivity contribution in [1.29, 1.82) is 0 Å². The highest BCUT2D eigenvalue weighted by Crippen LogP contribution is 2.38. The number of rotatable bonds is 7. The third-order valence-corrected chi connectivity index (χ3v) is 7.37. The van der Waals surface area contributed by atoms with Crippen molar-refractivity contribution in [3.8, 4) is 0 Å². The Morgan fingerprint density at radius 3 is 2.08 bits per heavy atom. The third-order valence-electron chi connectivity index (χ3n) is 5.26. The Hall–Kier alpha value is -3.37. The number of nitrogens with zero attached hydrogens (tertiary/aromatic N) is 2. The van der Waals surface area contributed by atoms with Crippen LogP contribution in [0.3, 0.4) is 0 Å². The monoisotopic (exact) mass is 537 g/mol. The SMILES string of the molecule is C/C(=N/NC(=O)CN(c1ccc(Cl)c(C(F)(F)F)c1)S(=O)(=O)c1ccc(C)cc1)c1ccc(C)cc1. The molecule has 0 fully saturated rings. The average molecular weight is 538 g/mol. The highest BCUT2D eigenvalue weighted by Gasteiger charge is 2.35. The van der Waals surface area contributed by atoms with E-state index >= 15 is 0 Å². The minimum absolute atomic E-state index is 0.191. The zero-order chi connectivity index (χ0) is 26.7. The normalized spacial score (nSPS) is 12.4. The molecule has 3 aromatic rings. The molecule has 3 aromatic carbocycles. The number of hydrazone groups is 1. The fraction of sp³-hybridized carbons (Fsp3) is 0.200. The van der Waals surface area contributed by atoms with Gasteiger partial charge in [0, 0.05) is 0 Å². The lowest BCUT2D eigenvalue weighted by molar-refractivity contribution is -0.137. The van der Waals surface area contributed by atoms with Gasteiger partial charge in [0.2, 0.25) is 0 Å². The first-order chi connectivity index (χ1) is 16.8. The van der Waals surface area contributed by atoms with Crippen molar-refractivity contribution >= 4 is 38.9 Å². The van der Waals surface area contributed by atoms with Crippen LogP contribution in [0, 0.1) is 13.8 Å². The van der Waals surface area contributed by atoms with Crippen molar-refractivity contribution in [3.05, 3.63) is 94.0 Å². The summed E-state index contributed by atoms with van der Waals surface area (Å²) in [5.41, 5.74) is 3.70. The molecule has 0 aliphatic heterocycles. The zero-order valence-electron chi connectivity index (χ0n) is 19.6. The summed E-state index contributed by atoms with van der Waals surface area (Å²) in [6, 6.07) is 15.7. The second-order valence-electron chi connectivity index (χ2n) is 8.08. The van der Waals surface area contributed by atoms with Gasteiger partial charge in [0.05, 0.1) is 26.9 Å². The van der Waals surface area contributed by atoms with Gasteiger partial charge in [-0.05, 0) is 56.7 Å². The van der Waals surface area contributed by atoms with Gasteiger partial charge >= 0.3 is 6.18 Å². The van der Waals surface area contributed by atoms with Crippen LogP contribution in [-0.2, 0) is 21.0 Å². The van der Waals surface area contributed by atoms with Gasteiger partial charge in [-0.2, -0.15) is 18.3 Å². The molecule has 0 bridgehead atoms. The number of sulfonamides is 1. The number of amides is 1. The maximum absolute atomic E-state index is 13.5. The summed E-state index contributed by atoms with van der Waals surface area (Å²) in [5.74, 6) is -0.847. The van der Waals surface area contributed by atoms with Crippen LogP contribution in [0.25, 0.3) is 0 Å². The Bertz CT molecular complexity index is 1390. The Morgan fingerprint density at radius 1 is 0.972 bits per heavy atom. The van der Waals surface area contributed by atoms with Crippen LogP contribution in [0.1, 0.15) is 29.2 Å². The van der Waals surface area contributed by atoms with E-state index in [4.69, 9.17) is 11.6 Å². The molecule has 0 saturated carbocycles. The predicted molar refractivity (Wildman–Crippen MR) is 134 cm³/mol. The van der Waals surface area contributed by atoms with Gasteiger partial charge in [0.15, 0.2) is 0 Å². The molecule has 1 amide bonds. The number of carbonyl (C=O) groups excluding carboxylic acids is 1. The number of nitrogens with one attached hydrogen (secondary N) is 1. The van der Waals surface area contributed by atoms with E-state index < -0.39 is 39.2 Å². The summed E-state index contributed by atoms with van der Waals surface area (Å²) in [6.45, 7) is 4.51. The lowest BCUT2D eigenvalue weighted by atomic mass is 10.1. The number of carbonyl (C=O) groups is 1. The second kappa shape index (κ2) is 10.7. The molecular weight excluding hydrogens is 515 g/mol. The summed E-state index contributed by atoms with van der Waals surface area (Å²) in [6.07, 6.45) is -4.83. The lowest BCUT2D eigenvalue weighted by Crippen LogP contribution is -2.40. The van der Waals surface area contributed by atoms with Crippen molar-refractivity contribution in [2.24, 2.45) is 5.10 Å². The highest BCUT2D eigenvalue weighted by molar-refractivity contribution is 7.92. The van der Waals surface area contributed by atoms with Crippen molar-refractivity contribution in [2.45, 2.75) is 31.8 Å². The topological polar surface area (TPSA) is 78.8 Å². The molecule has 190 valence electrons. The predicted octanol–water partition coefficient (Wildman–Crippen LogP) is 5.71. The lowest BCUT2D eigenvalue weighted by Gasteiger charge is -2.25. The fourth-order valence-corrected chi connectivity index (χ4v) is 4.85. The Labute approximate surface area is 212 Å². The van der Waals surface area contributed by atoms with Gasteiger partial charge in [0.1, 0.15) is 6.54 Å². The molecule has 0 spiro atoms. The van der Waals surface area contributed by atoms with Gasteiger partial charge in [-0.3, -0.25) is 9.10 Å². The van der Waals surface area contributed by atoms with E-state index in [2.05, 4.69) is 10.5 Å². The van der Waals surface area contributed by atoms with E-state index in [1.54, 1.807) is 38.1 Å². The van der Waals surface area contributed by atoms with Crippen molar-refractivity contribution in [1.82, 2.24) is 5.43 Å². The molecule has 6 nitrogen and oxygen atoms in total.